The van der Waals surface area contributed by atoms with E-state index >= 15 is 0 Å². The smallest absolute Gasteiger partial charge is 0.262 e. The average Bonchev–Trinajstić information content (AvgIpc) is 3.03. The average molecular weight is 456 g/mol. The molecule has 0 saturated heterocycles. The lowest BCUT2D eigenvalue weighted by molar-refractivity contribution is 0.260. The monoisotopic (exact) mass is 455 g/mol. The fourth-order valence-corrected chi connectivity index (χ4v) is 6.80. The number of benzene rings is 3. The van der Waals surface area contributed by atoms with Gasteiger partial charge in [0.1, 0.15) is 0 Å². The molecule has 2 aliphatic rings. The van der Waals surface area contributed by atoms with Crippen molar-refractivity contribution in [3.05, 3.63) is 114 Å². The Morgan fingerprint density at radius 3 is 2.03 bits per heavy atom. The standard InChI is InChI=1S/C29H29NO2S/c1-22-16-18-27(19-17-22)33(31,32)30-28-15-9-8-14-25(28)20-26(23-10-4-2-5-11-23)21-29(30)24-12-6-3-7-13-24/h2-7,10-13,16-21,25,28H,8-9,14-15H2,1H3. The summed E-state index contributed by atoms with van der Waals surface area (Å²) in [5, 5.41) is 0. The summed E-state index contributed by atoms with van der Waals surface area (Å²) >= 11 is 0. The SMILES string of the molecule is Cc1ccc(S(=O)(=O)N2C(c3ccccc3)=CC(c3ccccc3)=CC3CCCCC32)cc1. The van der Waals surface area contributed by atoms with Gasteiger partial charge in [0, 0.05) is 0 Å². The van der Waals surface area contributed by atoms with Gasteiger partial charge < -0.3 is 0 Å². The molecule has 168 valence electrons. The minimum atomic E-state index is -3.74. The van der Waals surface area contributed by atoms with E-state index in [1.807, 2.05) is 67.6 Å². The van der Waals surface area contributed by atoms with E-state index in [1.165, 1.54) is 0 Å². The number of hydrogen-bond acceptors (Lipinski definition) is 2. The Balaban J connectivity index is 1.73. The van der Waals surface area contributed by atoms with Crippen LogP contribution >= 0.6 is 0 Å². The molecular formula is C29H29NO2S. The van der Waals surface area contributed by atoms with Crippen molar-refractivity contribution < 1.29 is 8.42 Å². The molecular weight excluding hydrogens is 426 g/mol. The van der Waals surface area contributed by atoms with Crippen molar-refractivity contribution in [2.75, 3.05) is 0 Å². The molecule has 0 aromatic heterocycles. The van der Waals surface area contributed by atoms with Gasteiger partial charge in [-0.3, -0.25) is 4.31 Å². The number of fused-ring (bicyclic) bond motifs is 1. The van der Waals surface area contributed by atoms with Crippen LogP contribution in [0.1, 0.15) is 42.4 Å². The van der Waals surface area contributed by atoms with E-state index in [-0.39, 0.29) is 12.0 Å². The predicted octanol–water partition coefficient (Wildman–Crippen LogP) is 6.68. The summed E-state index contributed by atoms with van der Waals surface area (Å²) in [6, 6.07) is 27.4. The zero-order valence-electron chi connectivity index (χ0n) is 18.9. The van der Waals surface area contributed by atoms with Gasteiger partial charge in [-0.25, -0.2) is 8.42 Å². The highest BCUT2D eigenvalue weighted by Crippen LogP contribution is 2.42. The van der Waals surface area contributed by atoms with Crippen LogP contribution < -0.4 is 0 Å². The van der Waals surface area contributed by atoms with Crippen LogP contribution in [0.5, 0.6) is 0 Å². The first-order valence-electron chi connectivity index (χ1n) is 11.7. The van der Waals surface area contributed by atoms with Gasteiger partial charge in [-0.15, -0.1) is 0 Å². The van der Waals surface area contributed by atoms with E-state index in [4.69, 9.17) is 0 Å². The third-order valence-corrected chi connectivity index (χ3v) is 8.61. The number of sulfonamides is 1. The molecule has 1 heterocycles. The molecule has 0 radical (unpaired) electrons. The molecule has 0 amide bonds. The molecule has 5 rings (SSSR count). The van der Waals surface area contributed by atoms with Gasteiger partial charge >= 0.3 is 0 Å². The molecule has 1 fully saturated rings. The van der Waals surface area contributed by atoms with Gasteiger partial charge in [-0.05, 0) is 60.6 Å². The maximum Gasteiger partial charge on any atom is 0.264 e. The minimum Gasteiger partial charge on any atom is -0.262 e. The van der Waals surface area contributed by atoms with E-state index in [2.05, 4.69) is 24.3 Å². The van der Waals surface area contributed by atoms with E-state index in [9.17, 15) is 8.42 Å². The first-order chi connectivity index (χ1) is 16.0. The normalized spacial score (nSPS) is 20.9. The lowest BCUT2D eigenvalue weighted by Gasteiger charge is -2.39. The summed E-state index contributed by atoms with van der Waals surface area (Å²) in [6.45, 7) is 1.98. The molecule has 4 heteroatoms. The number of nitrogens with zero attached hydrogens (tertiary/aromatic N) is 1. The molecule has 2 unspecified atom stereocenters. The molecule has 3 aromatic carbocycles. The van der Waals surface area contributed by atoms with Crippen molar-refractivity contribution in [1.29, 1.82) is 0 Å². The predicted molar refractivity (Wildman–Crippen MR) is 135 cm³/mol. The van der Waals surface area contributed by atoms with Crippen LogP contribution in [-0.4, -0.2) is 18.8 Å². The van der Waals surface area contributed by atoms with E-state index < -0.39 is 10.0 Å². The molecule has 1 saturated carbocycles. The van der Waals surface area contributed by atoms with Crippen LogP contribution in [0, 0.1) is 12.8 Å². The Bertz CT molecular complexity index is 1280. The third kappa shape index (κ3) is 4.28. The summed E-state index contributed by atoms with van der Waals surface area (Å²) in [4.78, 5) is 0.349. The van der Waals surface area contributed by atoms with E-state index in [1.54, 1.807) is 16.4 Å². The molecule has 0 N–H and O–H groups in total. The summed E-state index contributed by atoms with van der Waals surface area (Å²) in [6.07, 6.45) is 8.41. The second-order valence-electron chi connectivity index (χ2n) is 9.01. The van der Waals surface area contributed by atoms with Gasteiger partial charge in [0.15, 0.2) is 0 Å². The van der Waals surface area contributed by atoms with E-state index in [0.29, 0.717) is 4.90 Å². The van der Waals surface area contributed by atoms with Gasteiger partial charge in [0.05, 0.1) is 16.6 Å². The summed E-state index contributed by atoms with van der Waals surface area (Å²) in [5.41, 5.74) is 4.92. The Labute approximate surface area is 197 Å². The van der Waals surface area contributed by atoms with E-state index in [0.717, 1.165) is 53.6 Å². The van der Waals surface area contributed by atoms with Crippen LogP contribution in [-0.2, 0) is 10.0 Å². The molecule has 0 spiro atoms. The van der Waals surface area contributed by atoms with Crippen molar-refractivity contribution in [2.24, 2.45) is 5.92 Å². The number of rotatable bonds is 4. The van der Waals surface area contributed by atoms with Crippen molar-refractivity contribution in [3.8, 4) is 0 Å². The Morgan fingerprint density at radius 1 is 0.758 bits per heavy atom. The maximum absolute atomic E-state index is 14.2. The molecule has 1 aliphatic heterocycles. The Kier molecular flexibility index (Phi) is 5.94. The molecule has 0 bridgehead atoms. The Morgan fingerprint density at radius 2 is 1.36 bits per heavy atom. The zero-order chi connectivity index (χ0) is 22.8. The molecule has 1 aliphatic carbocycles. The fraction of sp³-hybridized carbons (Fsp3) is 0.241. The van der Waals surface area contributed by atoms with Gasteiger partial charge in [0.2, 0.25) is 0 Å². The third-order valence-electron chi connectivity index (χ3n) is 6.76. The first kappa shape index (κ1) is 21.7. The fourth-order valence-electron chi connectivity index (χ4n) is 5.06. The van der Waals surface area contributed by atoms with Gasteiger partial charge in [-0.2, -0.15) is 0 Å². The molecule has 33 heavy (non-hydrogen) atoms. The van der Waals surface area contributed by atoms with Crippen LogP contribution in [0.4, 0.5) is 0 Å². The molecule has 3 nitrogen and oxygen atoms in total. The lowest BCUT2D eigenvalue weighted by atomic mass is 9.83. The largest absolute Gasteiger partial charge is 0.264 e. The van der Waals surface area contributed by atoms with Crippen LogP contribution in [0.25, 0.3) is 11.3 Å². The second-order valence-corrected chi connectivity index (χ2v) is 10.8. The highest BCUT2D eigenvalue weighted by molar-refractivity contribution is 7.89. The first-order valence-corrected chi connectivity index (χ1v) is 13.1. The summed E-state index contributed by atoms with van der Waals surface area (Å²) in [7, 11) is -3.74. The highest BCUT2D eigenvalue weighted by Gasteiger charge is 2.40. The number of aryl methyl sites for hydroxylation is 1. The Hall–Kier alpha value is -3.11. The quantitative estimate of drug-likeness (QED) is 0.440. The van der Waals surface area contributed by atoms with Gasteiger partial charge in [0.25, 0.3) is 10.0 Å². The topological polar surface area (TPSA) is 37.4 Å². The van der Waals surface area contributed by atoms with Crippen LogP contribution in [0.2, 0.25) is 0 Å². The number of hydrogen-bond donors (Lipinski definition) is 0. The van der Waals surface area contributed by atoms with Crippen LogP contribution in [0.15, 0.2) is 102 Å². The van der Waals surface area contributed by atoms with Crippen molar-refractivity contribution in [2.45, 2.75) is 43.5 Å². The second kappa shape index (κ2) is 9.03. The van der Waals surface area contributed by atoms with Crippen molar-refractivity contribution in [3.63, 3.8) is 0 Å². The van der Waals surface area contributed by atoms with Gasteiger partial charge in [-0.1, -0.05) is 97.3 Å². The minimum absolute atomic E-state index is 0.0993. The molecule has 2 atom stereocenters. The van der Waals surface area contributed by atoms with Crippen LogP contribution in [0.3, 0.4) is 0 Å². The molecule has 3 aromatic rings. The zero-order valence-corrected chi connectivity index (χ0v) is 19.7. The number of allylic oxidation sites excluding steroid dienone is 2. The summed E-state index contributed by atoms with van der Waals surface area (Å²) < 4.78 is 30.1. The summed E-state index contributed by atoms with van der Waals surface area (Å²) in [5.74, 6) is 0.173. The lowest BCUT2D eigenvalue weighted by Crippen LogP contribution is -2.43. The van der Waals surface area contributed by atoms with Crippen molar-refractivity contribution >= 4 is 21.3 Å². The maximum atomic E-state index is 14.2. The van der Waals surface area contributed by atoms with Crippen molar-refractivity contribution in [1.82, 2.24) is 4.31 Å². The highest BCUT2D eigenvalue weighted by atomic mass is 32.2.